The second-order valence-corrected chi connectivity index (χ2v) is 6.29. The fraction of sp³-hybridized carbons (Fsp3) is 0.250. The molecule has 0 amide bonds. The summed E-state index contributed by atoms with van der Waals surface area (Å²) in [5.41, 5.74) is 6.30. The third kappa shape index (κ3) is 3.40. The van der Waals surface area contributed by atoms with E-state index in [1.807, 2.05) is 0 Å². The zero-order valence-electron chi connectivity index (χ0n) is 11.4. The lowest BCUT2D eigenvalue weighted by Crippen LogP contribution is -2.11. The van der Waals surface area contributed by atoms with E-state index in [0.717, 1.165) is 9.80 Å². The molecule has 2 rings (SSSR count). The predicted molar refractivity (Wildman–Crippen MR) is 90.8 cm³/mol. The molecule has 0 atom stereocenters. The Morgan fingerprint density at radius 1 is 1.00 bits per heavy atom. The normalized spacial score (nSPS) is 10.6. The Bertz CT molecular complexity index is 573. The Morgan fingerprint density at radius 3 is 2.21 bits per heavy atom. The first-order valence-electron chi connectivity index (χ1n) is 6.17. The molecule has 0 aliphatic heterocycles. The third-order valence-electron chi connectivity index (χ3n) is 3.15. The summed E-state index contributed by atoms with van der Waals surface area (Å²) in [6, 6.07) is 13.0. The summed E-state index contributed by atoms with van der Waals surface area (Å²) in [6.45, 7) is 4.27. The van der Waals surface area contributed by atoms with E-state index in [2.05, 4.69) is 94.1 Å². The zero-order chi connectivity index (χ0) is 14.0. The minimum atomic E-state index is 0.852. The maximum atomic E-state index is 3.56. The Balaban J connectivity index is 2.48. The van der Waals surface area contributed by atoms with Gasteiger partial charge < -0.3 is 4.90 Å². The minimum absolute atomic E-state index is 0.852. The van der Waals surface area contributed by atoms with Crippen molar-refractivity contribution in [3.63, 3.8) is 0 Å². The number of anilines is 2. The van der Waals surface area contributed by atoms with Gasteiger partial charge in [-0.2, -0.15) is 0 Å². The summed E-state index contributed by atoms with van der Waals surface area (Å²) in [7, 11) is 2.11. The van der Waals surface area contributed by atoms with E-state index in [0.29, 0.717) is 0 Å². The fourth-order valence-corrected chi connectivity index (χ4v) is 3.07. The van der Waals surface area contributed by atoms with Gasteiger partial charge in [0.1, 0.15) is 0 Å². The van der Waals surface area contributed by atoms with Crippen molar-refractivity contribution in [1.82, 2.24) is 0 Å². The van der Waals surface area contributed by atoms with Gasteiger partial charge in [-0.25, -0.2) is 0 Å². The number of hydrogen-bond donors (Lipinski definition) is 0. The van der Waals surface area contributed by atoms with Crippen molar-refractivity contribution in [2.45, 2.75) is 19.2 Å². The fourth-order valence-electron chi connectivity index (χ4n) is 2.25. The van der Waals surface area contributed by atoms with Gasteiger partial charge in [0, 0.05) is 28.2 Å². The lowest BCUT2D eigenvalue weighted by atomic mass is 10.1. The van der Waals surface area contributed by atoms with Crippen LogP contribution in [0.2, 0.25) is 0 Å². The molecule has 0 bridgehead atoms. The molecule has 0 aromatic heterocycles. The molecule has 19 heavy (non-hydrogen) atoms. The van der Waals surface area contributed by atoms with Gasteiger partial charge in [-0.05, 0) is 54.8 Å². The summed E-state index contributed by atoms with van der Waals surface area (Å²) in [5, 5.41) is 0.852. The summed E-state index contributed by atoms with van der Waals surface area (Å²) < 4.78 is 1.10. The smallest absolute Gasteiger partial charge is 0.0460 e. The quantitative estimate of drug-likeness (QED) is 0.612. The SMILES string of the molecule is Cc1cc(C)cc(N(C)c2cc(Br)ccc2CBr)c1. The molecular weight excluding hydrogens is 366 g/mol. The van der Waals surface area contributed by atoms with Gasteiger partial charge in [-0.1, -0.05) is 44.0 Å². The van der Waals surface area contributed by atoms with Gasteiger partial charge in [-0.3, -0.25) is 0 Å². The minimum Gasteiger partial charge on any atom is -0.344 e. The Kier molecular flexibility index (Phi) is 4.69. The van der Waals surface area contributed by atoms with E-state index >= 15 is 0 Å². The van der Waals surface area contributed by atoms with E-state index in [9.17, 15) is 0 Å². The topological polar surface area (TPSA) is 3.24 Å². The molecule has 2 aromatic rings. The number of rotatable bonds is 3. The Morgan fingerprint density at radius 2 is 1.63 bits per heavy atom. The van der Waals surface area contributed by atoms with E-state index in [1.165, 1.54) is 28.1 Å². The maximum Gasteiger partial charge on any atom is 0.0460 e. The van der Waals surface area contributed by atoms with Crippen molar-refractivity contribution in [1.29, 1.82) is 0 Å². The summed E-state index contributed by atoms with van der Waals surface area (Å²) in [5.74, 6) is 0. The van der Waals surface area contributed by atoms with Crippen LogP contribution in [0.25, 0.3) is 0 Å². The number of halogens is 2. The molecule has 0 radical (unpaired) electrons. The molecule has 0 saturated heterocycles. The average Bonchev–Trinajstić information content (AvgIpc) is 2.36. The van der Waals surface area contributed by atoms with Gasteiger partial charge in [0.05, 0.1) is 0 Å². The molecule has 100 valence electrons. The molecular formula is C16H17Br2N. The van der Waals surface area contributed by atoms with Crippen molar-refractivity contribution in [2.24, 2.45) is 0 Å². The lowest BCUT2D eigenvalue weighted by molar-refractivity contribution is 1.16. The molecule has 0 unspecified atom stereocenters. The summed E-state index contributed by atoms with van der Waals surface area (Å²) in [4.78, 5) is 2.24. The highest BCUT2D eigenvalue weighted by Gasteiger charge is 2.10. The van der Waals surface area contributed by atoms with E-state index < -0.39 is 0 Å². The highest BCUT2D eigenvalue weighted by molar-refractivity contribution is 9.10. The van der Waals surface area contributed by atoms with Crippen LogP contribution in [0.15, 0.2) is 40.9 Å². The average molecular weight is 383 g/mol. The molecule has 0 aliphatic carbocycles. The molecule has 0 spiro atoms. The van der Waals surface area contributed by atoms with Crippen LogP contribution in [0.5, 0.6) is 0 Å². The van der Waals surface area contributed by atoms with Crippen LogP contribution in [0.1, 0.15) is 16.7 Å². The molecule has 0 N–H and O–H groups in total. The Labute approximate surface area is 131 Å². The standard InChI is InChI=1S/C16H17Br2N/c1-11-6-12(2)8-15(7-11)19(3)16-9-14(18)5-4-13(16)10-17/h4-9H,10H2,1-3H3. The highest BCUT2D eigenvalue weighted by Crippen LogP contribution is 2.32. The Hall–Kier alpha value is -0.800. The van der Waals surface area contributed by atoms with Crippen LogP contribution in [-0.2, 0) is 5.33 Å². The number of hydrogen-bond acceptors (Lipinski definition) is 1. The van der Waals surface area contributed by atoms with Gasteiger partial charge in [0.25, 0.3) is 0 Å². The number of nitrogens with zero attached hydrogens (tertiary/aromatic N) is 1. The number of alkyl halides is 1. The monoisotopic (exact) mass is 381 g/mol. The van der Waals surface area contributed by atoms with Crippen molar-refractivity contribution in [3.8, 4) is 0 Å². The first-order valence-corrected chi connectivity index (χ1v) is 8.09. The van der Waals surface area contributed by atoms with Crippen LogP contribution in [0.3, 0.4) is 0 Å². The van der Waals surface area contributed by atoms with E-state index in [-0.39, 0.29) is 0 Å². The van der Waals surface area contributed by atoms with Crippen LogP contribution < -0.4 is 4.90 Å². The zero-order valence-corrected chi connectivity index (χ0v) is 14.5. The molecule has 0 aliphatic rings. The first kappa shape index (κ1) is 14.6. The second kappa shape index (κ2) is 6.10. The maximum absolute atomic E-state index is 3.56. The second-order valence-electron chi connectivity index (χ2n) is 4.81. The molecule has 2 aromatic carbocycles. The van der Waals surface area contributed by atoms with Crippen LogP contribution in [-0.4, -0.2) is 7.05 Å². The van der Waals surface area contributed by atoms with Gasteiger partial charge in [0.2, 0.25) is 0 Å². The van der Waals surface area contributed by atoms with Gasteiger partial charge in [-0.15, -0.1) is 0 Å². The molecule has 3 heteroatoms. The highest BCUT2D eigenvalue weighted by atomic mass is 79.9. The van der Waals surface area contributed by atoms with E-state index in [4.69, 9.17) is 0 Å². The molecule has 0 saturated carbocycles. The predicted octanol–water partition coefficient (Wildman–Crippen LogP) is 5.73. The molecule has 0 fully saturated rings. The van der Waals surface area contributed by atoms with Crippen molar-refractivity contribution < 1.29 is 0 Å². The lowest BCUT2D eigenvalue weighted by Gasteiger charge is -2.23. The van der Waals surface area contributed by atoms with Gasteiger partial charge in [0.15, 0.2) is 0 Å². The first-order chi connectivity index (χ1) is 9.01. The third-order valence-corrected chi connectivity index (χ3v) is 4.24. The molecule has 0 heterocycles. The van der Waals surface area contributed by atoms with Crippen molar-refractivity contribution in [3.05, 3.63) is 57.6 Å². The van der Waals surface area contributed by atoms with Crippen LogP contribution >= 0.6 is 31.9 Å². The molecule has 1 nitrogen and oxygen atoms in total. The summed E-state index contributed by atoms with van der Waals surface area (Å²) in [6.07, 6.45) is 0. The van der Waals surface area contributed by atoms with E-state index in [1.54, 1.807) is 0 Å². The van der Waals surface area contributed by atoms with Crippen molar-refractivity contribution >= 4 is 43.2 Å². The van der Waals surface area contributed by atoms with Crippen LogP contribution in [0.4, 0.5) is 11.4 Å². The van der Waals surface area contributed by atoms with Crippen LogP contribution in [0, 0.1) is 13.8 Å². The van der Waals surface area contributed by atoms with Gasteiger partial charge >= 0.3 is 0 Å². The largest absolute Gasteiger partial charge is 0.344 e. The van der Waals surface area contributed by atoms with Crippen molar-refractivity contribution in [2.75, 3.05) is 11.9 Å². The number of benzene rings is 2. The number of aryl methyl sites for hydroxylation is 2. The summed E-state index contributed by atoms with van der Waals surface area (Å²) >= 11 is 7.11.